The highest BCUT2D eigenvalue weighted by Crippen LogP contribution is 2.21. The van der Waals surface area contributed by atoms with Crippen LogP contribution in [0.1, 0.15) is 52.7 Å². The molecular formula is C19H35N3O3S. The Labute approximate surface area is 158 Å². The summed E-state index contributed by atoms with van der Waals surface area (Å²) in [6.07, 6.45) is 4.89. The molecule has 1 saturated heterocycles. The summed E-state index contributed by atoms with van der Waals surface area (Å²) in [5.41, 5.74) is 0.986. The van der Waals surface area contributed by atoms with Crippen molar-refractivity contribution >= 4 is 9.84 Å². The maximum atomic E-state index is 12.7. The minimum atomic E-state index is -3.38. The molecule has 0 N–H and O–H groups in total. The topological polar surface area (TPSA) is 64.4 Å². The standard InChI is InChI=1S/C19H35N3O3S/c1-15(2)6-9-22-18(12-20-19(22)26(23,24)16(3)4)14-21(5)13-17-7-10-25-11-8-17/h12,15-17H,6-11,13-14H2,1-5H3. The van der Waals surface area contributed by atoms with Gasteiger partial charge in [-0.25, -0.2) is 13.4 Å². The van der Waals surface area contributed by atoms with E-state index in [1.54, 1.807) is 20.0 Å². The van der Waals surface area contributed by atoms with Crippen LogP contribution in [0.15, 0.2) is 11.4 Å². The van der Waals surface area contributed by atoms with Crippen LogP contribution in [0.4, 0.5) is 0 Å². The summed E-state index contributed by atoms with van der Waals surface area (Å²) in [6.45, 7) is 11.9. The molecule has 7 heteroatoms. The fraction of sp³-hybridized carbons (Fsp3) is 0.842. The van der Waals surface area contributed by atoms with E-state index in [2.05, 4.69) is 30.8 Å². The van der Waals surface area contributed by atoms with E-state index in [1.165, 1.54) is 0 Å². The van der Waals surface area contributed by atoms with Gasteiger partial charge in [0.1, 0.15) is 0 Å². The second-order valence-corrected chi connectivity index (χ2v) is 10.6. The highest BCUT2D eigenvalue weighted by atomic mass is 32.2. The lowest BCUT2D eigenvalue weighted by molar-refractivity contribution is 0.0547. The zero-order chi connectivity index (χ0) is 19.3. The summed E-state index contributed by atoms with van der Waals surface area (Å²) in [7, 11) is -1.28. The molecule has 1 aliphatic rings. The van der Waals surface area contributed by atoms with E-state index in [0.717, 1.165) is 51.3 Å². The van der Waals surface area contributed by atoms with Gasteiger partial charge in [0.25, 0.3) is 0 Å². The molecule has 0 bridgehead atoms. The molecule has 0 amide bonds. The van der Waals surface area contributed by atoms with Crippen LogP contribution in [-0.2, 0) is 27.7 Å². The van der Waals surface area contributed by atoms with Crippen LogP contribution < -0.4 is 0 Å². The molecule has 1 fully saturated rings. The average Bonchev–Trinajstić information content (AvgIpc) is 2.96. The van der Waals surface area contributed by atoms with Gasteiger partial charge < -0.3 is 14.2 Å². The van der Waals surface area contributed by atoms with Crippen LogP contribution in [0.5, 0.6) is 0 Å². The molecule has 1 aromatic heterocycles. The van der Waals surface area contributed by atoms with Crippen molar-refractivity contribution in [3.63, 3.8) is 0 Å². The quantitative estimate of drug-likeness (QED) is 0.654. The Morgan fingerprint density at radius 3 is 2.50 bits per heavy atom. The Bertz CT molecular complexity index is 662. The van der Waals surface area contributed by atoms with Gasteiger partial charge >= 0.3 is 0 Å². The second kappa shape index (κ2) is 9.33. The van der Waals surface area contributed by atoms with Crippen LogP contribution in [-0.4, -0.2) is 54.9 Å². The van der Waals surface area contributed by atoms with Crippen LogP contribution in [0.3, 0.4) is 0 Å². The SMILES string of the molecule is CC(C)CCn1c(CN(C)CC2CCOCC2)cnc1S(=O)(=O)C(C)C. The number of nitrogens with zero attached hydrogens (tertiary/aromatic N) is 3. The van der Waals surface area contributed by atoms with Gasteiger partial charge in [-0.2, -0.15) is 0 Å². The lowest BCUT2D eigenvalue weighted by Crippen LogP contribution is -2.30. The largest absolute Gasteiger partial charge is 0.381 e. The van der Waals surface area contributed by atoms with Crippen molar-refractivity contribution < 1.29 is 13.2 Å². The third kappa shape index (κ3) is 5.54. The average molecular weight is 386 g/mol. The van der Waals surface area contributed by atoms with E-state index in [4.69, 9.17) is 4.74 Å². The first kappa shape index (κ1) is 21.4. The molecule has 0 saturated carbocycles. The van der Waals surface area contributed by atoms with Crippen molar-refractivity contribution in [3.8, 4) is 0 Å². The Hall–Kier alpha value is -0.920. The predicted octanol–water partition coefficient (Wildman–Crippen LogP) is 2.97. The van der Waals surface area contributed by atoms with Gasteiger partial charge in [-0.1, -0.05) is 13.8 Å². The van der Waals surface area contributed by atoms with E-state index < -0.39 is 15.1 Å². The highest BCUT2D eigenvalue weighted by molar-refractivity contribution is 7.91. The second-order valence-electron chi connectivity index (χ2n) is 8.21. The van der Waals surface area contributed by atoms with Crippen molar-refractivity contribution in [3.05, 3.63) is 11.9 Å². The summed E-state index contributed by atoms with van der Waals surface area (Å²) in [5.74, 6) is 1.17. The molecular weight excluding hydrogens is 350 g/mol. The molecule has 1 aromatic rings. The Morgan fingerprint density at radius 2 is 1.92 bits per heavy atom. The zero-order valence-corrected chi connectivity index (χ0v) is 17.8. The van der Waals surface area contributed by atoms with Crippen LogP contribution >= 0.6 is 0 Å². The Morgan fingerprint density at radius 1 is 1.27 bits per heavy atom. The van der Waals surface area contributed by atoms with Gasteiger partial charge in [0.2, 0.25) is 15.0 Å². The minimum Gasteiger partial charge on any atom is -0.381 e. The lowest BCUT2D eigenvalue weighted by Gasteiger charge is -2.27. The van der Waals surface area contributed by atoms with Gasteiger partial charge in [0.05, 0.1) is 17.1 Å². The molecule has 0 spiro atoms. The monoisotopic (exact) mass is 385 g/mol. The maximum Gasteiger partial charge on any atom is 0.228 e. The van der Waals surface area contributed by atoms with Crippen molar-refractivity contribution in [2.24, 2.45) is 11.8 Å². The van der Waals surface area contributed by atoms with Gasteiger partial charge in [-0.05, 0) is 52.0 Å². The number of ether oxygens (including phenoxy) is 1. The molecule has 0 unspecified atom stereocenters. The lowest BCUT2D eigenvalue weighted by atomic mass is 10.00. The zero-order valence-electron chi connectivity index (χ0n) is 16.9. The maximum absolute atomic E-state index is 12.7. The van der Waals surface area contributed by atoms with Gasteiger partial charge in [0.15, 0.2) is 0 Å². The van der Waals surface area contributed by atoms with Gasteiger partial charge in [0, 0.05) is 32.8 Å². The normalized spacial score (nSPS) is 16.9. The van der Waals surface area contributed by atoms with E-state index in [1.807, 2.05) is 4.57 Å². The summed E-state index contributed by atoms with van der Waals surface area (Å²) >= 11 is 0. The first-order chi connectivity index (χ1) is 12.2. The number of imidazole rings is 1. The van der Waals surface area contributed by atoms with Gasteiger partial charge in [-0.15, -0.1) is 0 Å². The fourth-order valence-corrected chi connectivity index (χ4v) is 4.43. The third-order valence-electron chi connectivity index (χ3n) is 5.05. The number of rotatable bonds is 9. The first-order valence-corrected chi connectivity index (χ1v) is 11.3. The molecule has 0 atom stereocenters. The van der Waals surface area contributed by atoms with E-state index >= 15 is 0 Å². The van der Waals surface area contributed by atoms with E-state index in [9.17, 15) is 8.42 Å². The summed E-state index contributed by atoms with van der Waals surface area (Å²) < 4.78 is 32.8. The molecule has 0 radical (unpaired) electrons. The molecule has 2 rings (SSSR count). The summed E-state index contributed by atoms with van der Waals surface area (Å²) in [6, 6.07) is 0. The fourth-order valence-electron chi connectivity index (χ4n) is 3.29. The van der Waals surface area contributed by atoms with E-state index in [0.29, 0.717) is 18.4 Å². The van der Waals surface area contributed by atoms with Crippen molar-refractivity contribution in [1.29, 1.82) is 0 Å². The Balaban J connectivity index is 2.16. The molecule has 150 valence electrons. The molecule has 26 heavy (non-hydrogen) atoms. The van der Waals surface area contributed by atoms with E-state index in [-0.39, 0.29) is 5.16 Å². The third-order valence-corrected chi connectivity index (χ3v) is 7.13. The molecule has 0 aromatic carbocycles. The molecule has 1 aliphatic heterocycles. The van der Waals surface area contributed by atoms with Gasteiger partial charge in [-0.3, -0.25) is 0 Å². The number of hydrogen-bond acceptors (Lipinski definition) is 5. The molecule has 0 aliphatic carbocycles. The molecule has 2 heterocycles. The van der Waals surface area contributed by atoms with Crippen LogP contribution in [0, 0.1) is 11.8 Å². The summed E-state index contributed by atoms with van der Waals surface area (Å²) in [5, 5.41) is -0.238. The van der Waals surface area contributed by atoms with Crippen LogP contribution in [0.25, 0.3) is 0 Å². The predicted molar refractivity (Wildman–Crippen MR) is 104 cm³/mol. The highest BCUT2D eigenvalue weighted by Gasteiger charge is 2.27. The van der Waals surface area contributed by atoms with Crippen molar-refractivity contribution in [2.45, 2.75) is 70.5 Å². The van der Waals surface area contributed by atoms with Crippen LogP contribution in [0.2, 0.25) is 0 Å². The number of hydrogen-bond donors (Lipinski definition) is 0. The summed E-state index contributed by atoms with van der Waals surface area (Å²) in [4.78, 5) is 6.60. The smallest absolute Gasteiger partial charge is 0.228 e. The van der Waals surface area contributed by atoms with Crippen molar-refractivity contribution in [2.75, 3.05) is 26.8 Å². The van der Waals surface area contributed by atoms with Crippen molar-refractivity contribution in [1.82, 2.24) is 14.5 Å². The number of aromatic nitrogens is 2. The Kier molecular flexibility index (Phi) is 7.67. The number of sulfone groups is 1. The molecule has 6 nitrogen and oxygen atoms in total. The minimum absolute atomic E-state index is 0.225. The first-order valence-electron chi connectivity index (χ1n) is 9.76.